The molecule has 1 fully saturated rings. The van der Waals surface area contributed by atoms with E-state index in [0.717, 1.165) is 42.9 Å². The second-order valence-electron chi connectivity index (χ2n) is 9.56. The largest absolute Gasteiger partial charge is 0.307 e. The van der Waals surface area contributed by atoms with E-state index in [1.165, 1.54) is 17.3 Å². The maximum absolute atomic E-state index is 14.2. The van der Waals surface area contributed by atoms with Crippen molar-refractivity contribution >= 4 is 24.2 Å². The van der Waals surface area contributed by atoms with Crippen molar-refractivity contribution in [3.63, 3.8) is 0 Å². The first-order valence-electron chi connectivity index (χ1n) is 13.0. The van der Waals surface area contributed by atoms with Gasteiger partial charge in [0, 0.05) is 61.5 Å². The van der Waals surface area contributed by atoms with Crippen molar-refractivity contribution in [3.8, 4) is 5.69 Å². The Morgan fingerprint density at radius 3 is 2.90 bits per heavy atom. The quantitative estimate of drug-likeness (QED) is 0.272. The summed E-state index contributed by atoms with van der Waals surface area (Å²) < 4.78 is 15.9. The van der Waals surface area contributed by atoms with Gasteiger partial charge in [-0.1, -0.05) is 23.8 Å². The van der Waals surface area contributed by atoms with Gasteiger partial charge in [-0.3, -0.25) is 9.69 Å². The second-order valence-corrected chi connectivity index (χ2v) is 9.56. The van der Waals surface area contributed by atoms with Crippen LogP contribution in [0.5, 0.6) is 0 Å². The number of allylic oxidation sites excluding steroid dienone is 1. The van der Waals surface area contributed by atoms with Crippen LogP contribution in [0.4, 0.5) is 10.2 Å². The highest BCUT2D eigenvalue weighted by Gasteiger charge is 2.26. The van der Waals surface area contributed by atoms with Crippen molar-refractivity contribution in [3.05, 3.63) is 95.6 Å². The van der Waals surface area contributed by atoms with Crippen LogP contribution in [0.25, 0.3) is 5.69 Å². The number of carbonyl (C=O) groups is 1. The Bertz CT molecular complexity index is 1440. The molecule has 5 rings (SSSR count). The van der Waals surface area contributed by atoms with E-state index >= 15 is 0 Å². The Morgan fingerprint density at radius 2 is 2.10 bits per heavy atom. The summed E-state index contributed by atoms with van der Waals surface area (Å²) in [5.74, 6) is 0.336. The normalized spacial score (nSPS) is 18.8. The minimum absolute atomic E-state index is 0.140. The third-order valence-electron chi connectivity index (χ3n) is 6.67. The van der Waals surface area contributed by atoms with Crippen LogP contribution in [0.15, 0.2) is 82.9 Å². The highest BCUT2D eigenvalue weighted by molar-refractivity contribution is 5.99. The number of likely N-dealkylation sites (tertiary alicyclic amines) is 1. The summed E-state index contributed by atoms with van der Waals surface area (Å²) in [4.78, 5) is 23.4. The number of benzene rings is 1. The van der Waals surface area contributed by atoms with Crippen LogP contribution < -0.4 is 5.32 Å². The highest BCUT2D eigenvalue weighted by atomic mass is 19.1. The van der Waals surface area contributed by atoms with Crippen molar-refractivity contribution in [2.75, 3.05) is 18.4 Å². The van der Waals surface area contributed by atoms with Gasteiger partial charge >= 0.3 is 0 Å². The van der Waals surface area contributed by atoms with E-state index in [4.69, 9.17) is 5.10 Å². The molecule has 2 aromatic heterocycles. The summed E-state index contributed by atoms with van der Waals surface area (Å²) in [6, 6.07) is 13.5. The Morgan fingerprint density at radius 1 is 1.26 bits per heavy atom. The number of aromatic nitrogens is 3. The minimum atomic E-state index is -0.427. The molecular formula is C29H31FN8O. The van der Waals surface area contributed by atoms with Crippen molar-refractivity contribution in [1.29, 1.82) is 0 Å². The smallest absolute Gasteiger partial charge is 0.253 e. The topological polar surface area (TPSA) is 91.0 Å². The molecule has 0 saturated carbocycles. The average molecular weight is 527 g/mol. The molecule has 1 saturated heterocycles. The van der Waals surface area contributed by atoms with Gasteiger partial charge in [0.15, 0.2) is 5.82 Å². The molecule has 0 bridgehead atoms. The van der Waals surface area contributed by atoms with E-state index in [2.05, 4.69) is 25.3 Å². The van der Waals surface area contributed by atoms with Crippen LogP contribution in [-0.2, 0) is 11.3 Å². The van der Waals surface area contributed by atoms with Crippen molar-refractivity contribution in [1.82, 2.24) is 24.7 Å². The molecule has 4 heterocycles. The Kier molecular flexibility index (Phi) is 8.02. The van der Waals surface area contributed by atoms with E-state index in [1.54, 1.807) is 48.4 Å². The van der Waals surface area contributed by atoms with E-state index in [1.807, 2.05) is 37.3 Å². The SMILES string of the molecule is C/C=N\N1C=CC=N/C1=C\C(=O)Nc1cc(C2CCCN(Cc3cccnc3F)C2)nn1-c1ccc(C)cc1. The molecule has 1 amide bonds. The number of aryl methyl sites for hydroxylation is 1. The zero-order chi connectivity index (χ0) is 27.2. The Hall–Kier alpha value is -4.44. The zero-order valence-electron chi connectivity index (χ0n) is 22.0. The fourth-order valence-corrected chi connectivity index (χ4v) is 4.77. The molecule has 39 heavy (non-hydrogen) atoms. The van der Waals surface area contributed by atoms with Gasteiger partial charge in [-0.25, -0.2) is 19.7 Å². The first-order chi connectivity index (χ1) is 19.0. The van der Waals surface area contributed by atoms with Gasteiger partial charge in [0.05, 0.1) is 11.4 Å². The summed E-state index contributed by atoms with van der Waals surface area (Å²) in [6.07, 6.45) is 11.5. The van der Waals surface area contributed by atoms with Crippen molar-refractivity contribution in [2.24, 2.45) is 10.1 Å². The molecular weight excluding hydrogens is 495 g/mol. The minimum Gasteiger partial charge on any atom is -0.307 e. The first kappa shape index (κ1) is 26.2. The zero-order valence-corrected chi connectivity index (χ0v) is 22.0. The van der Waals surface area contributed by atoms with Gasteiger partial charge in [0.2, 0.25) is 5.95 Å². The first-order valence-corrected chi connectivity index (χ1v) is 13.0. The molecule has 0 radical (unpaired) electrons. The molecule has 0 spiro atoms. The molecule has 1 aromatic carbocycles. The van der Waals surface area contributed by atoms with Gasteiger partial charge in [0.1, 0.15) is 5.82 Å². The Labute approximate surface area is 227 Å². The number of carbonyl (C=O) groups excluding carboxylic acids is 1. The predicted molar refractivity (Wildman–Crippen MR) is 150 cm³/mol. The molecule has 10 heteroatoms. The summed E-state index contributed by atoms with van der Waals surface area (Å²) in [7, 11) is 0. The Balaban J connectivity index is 1.40. The van der Waals surface area contributed by atoms with Gasteiger partial charge in [-0.15, -0.1) is 0 Å². The molecule has 9 nitrogen and oxygen atoms in total. The lowest BCUT2D eigenvalue weighted by Gasteiger charge is -2.31. The number of amides is 1. The van der Waals surface area contributed by atoms with E-state index < -0.39 is 5.95 Å². The van der Waals surface area contributed by atoms with Gasteiger partial charge in [-0.2, -0.15) is 14.6 Å². The van der Waals surface area contributed by atoms with Crippen molar-refractivity contribution in [2.45, 2.75) is 39.2 Å². The van der Waals surface area contributed by atoms with Crippen LogP contribution in [-0.4, -0.2) is 56.1 Å². The van der Waals surface area contributed by atoms with Crippen molar-refractivity contribution < 1.29 is 9.18 Å². The van der Waals surface area contributed by atoms with Gasteiger partial charge < -0.3 is 5.32 Å². The fraction of sp³-hybridized carbons (Fsp3) is 0.276. The molecule has 0 aliphatic carbocycles. The molecule has 1 unspecified atom stereocenters. The third kappa shape index (κ3) is 6.35. The van der Waals surface area contributed by atoms with Crippen LogP contribution in [0, 0.1) is 12.9 Å². The number of nitrogens with one attached hydrogen (secondary N) is 1. The fourth-order valence-electron chi connectivity index (χ4n) is 4.77. The summed E-state index contributed by atoms with van der Waals surface area (Å²) >= 11 is 0. The number of piperidine rings is 1. The number of hydrazone groups is 1. The number of halogens is 1. The van der Waals surface area contributed by atoms with Crippen LogP contribution in [0.1, 0.15) is 42.5 Å². The average Bonchev–Trinajstić information content (AvgIpc) is 3.35. The lowest BCUT2D eigenvalue weighted by molar-refractivity contribution is -0.112. The van der Waals surface area contributed by atoms with Crippen LogP contribution in [0.3, 0.4) is 0 Å². The summed E-state index contributed by atoms with van der Waals surface area (Å²) in [5, 5.41) is 13.7. The van der Waals surface area contributed by atoms with Gasteiger partial charge in [0.25, 0.3) is 5.91 Å². The van der Waals surface area contributed by atoms with E-state index in [9.17, 15) is 9.18 Å². The monoisotopic (exact) mass is 526 g/mol. The number of hydrogen-bond acceptors (Lipinski definition) is 7. The standard InChI is InChI=1S/C29H31FN8O/c1-3-33-37-16-6-14-31-26(37)18-28(39)34-27-17-25(35-38(27)24-11-9-21(2)10-12-24)22-8-5-15-36(19-22)20-23-7-4-13-32-29(23)30/h3-4,6-7,9-14,16-18,22H,5,8,15,19-20H2,1-2H3,(H,34,39)/b26-18+,33-3-. The number of rotatable bonds is 7. The summed E-state index contributed by atoms with van der Waals surface area (Å²) in [5.41, 5.74) is 3.44. The maximum atomic E-state index is 14.2. The maximum Gasteiger partial charge on any atom is 0.253 e. The van der Waals surface area contributed by atoms with Crippen LogP contribution in [0.2, 0.25) is 0 Å². The molecule has 2 aliphatic rings. The van der Waals surface area contributed by atoms with Crippen LogP contribution >= 0.6 is 0 Å². The lowest BCUT2D eigenvalue weighted by atomic mass is 9.94. The number of anilines is 1. The lowest BCUT2D eigenvalue weighted by Crippen LogP contribution is -2.34. The number of nitrogens with zero attached hydrogens (tertiary/aromatic N) is 7. The highest BCUT2D eigenvalue weighted by Crippen LogP contribution is 2.30. The predicted octanol–water partition coefficient (Wildman–Crippen LogP) is 4.78. The van der Waals surface area contributed by atoms with E-state index in [-0.39, 0.29) is 11.8 Å². The second kappa shape index (κ2) is 12.0. The molecule has 200 valence electrons. The third-order valence-corrected chi connectivity index (χ3v) is 6.67. The number of aliphatic imine (C=N–C) groups is 1. The van der Waals surface area contributed by atoms with E-state index in [0.29, 0.717) is 23.7 Å². The molecule has 1 N–H and O–H groups in total. The molecule has 1 atom stereocenters. The van der Waals surface area contributed by atoms with Gasteiger partial charge in [-0.05, 0) is 57.5 Å². The number of hydrogen-bond donors (Lipinski definition) is 1. The summed E-state index contributed by atoms with van der Waals surface area (Å²) in [6.45, 7) is 5.94. The molecule has 2 aliphatic heterocycles. The number of pyridine rings is 1. The molecule has 3 aromatic rings.